The van der Waals surface area contributed by atoms with Gasteiger partial charge in [-0.25, -0.2) is 4.79 Å². The molecule has 0 spiro atoms. The van der Waals surface area contributed by atoms with E-state index in [0.29, 0.717) is 19.1 Å². The zero-order valence-corrected chi connectivity index (χ0v) is 13.1. The van der Waals surface area contributed by atoms with Crippen molar-refractivity contribution in [1.82, 2.24) is 10.6 Å². The van der Waals surface area contributed by atoms with Crippen LogP contribution in [-0.4, -0.2) is 36.9 Å². The van der Waals surface area contributed by atoms with Crippen LogP contribution < -0.4 is 10.6 Å². The Morgan fingerprint density at radius 3 is 2.75 bits per heavy atom. The van der Waals surface area contributed by atoms with Crippen molar-refractivity contribution in [3.05, 3.63) is 22.4 Å². The molecular formula is C14H24N2O3S. The second kappa shape index (κ2) is 8.94. The molecule has 0 aliphatic heterocycles. The summed E-state index contributed by atoms with van der Waals surface area (Å²) in [7, 11) is 0. The molecule has 0 saturated heterocycles. The molecule has 0 bridgehead atoms. The number of thiophene rings is 1. The molecule has 3 N–H and O–H groups in total. The standard InChI is InChI=1S/C14H24N2O3S/c1-10(2)7-19-8-11(3)16-14(18)15-6-13(17)12-4-5-20-9-12/h4-5,9-11,13,17H,6-8H2,1-3H3,(H2,15,16,18). The molecule has 0 aliphatic rings. The van der Waals surface area contributed by atoms with Crippen LogP contribution in [0.25, 0.3) is 0 Å². The molecule has 20 heavy (non-hydrogen) atoms. The summed E-state index contributed by atoms with van der Waals surface area (Å²) in [6.45, 7) is 7.41. The molecule has 0 aromatic carbocycles. The van der Waals surface area contributed by atoms with Gasteiger partial charge >= 0.3 is 6.03 Å². The molecule has 2 amide bonds. The highest BCUT2D eigenvalue weighted by molar-refractivity contribution is 7.07. The minimum atomic E-state index is -0.667. The number of rotatable bonds is 8. The second-order valence-corrected chi connectivity index (χ2v) is 6.04. The van der Waals surface area contributed by atoms with E-state index in [0.717, 1.165) is 5.56 Å². The van der Waals surface area contributed by atoms with Gasteiger partial charge < -0.3 is 20.5 Å². The van der Waals surface area contributed by atoms with Gasteiger partial charge in [0.05, 0.1) is 18.8 Å². The van der Waals surface area contributed by atoms with Crippen molar-refractivity contribution < 1.29 is 14.6 Å². The van der Waals surface area contributed by atoms with Crippen LogP contribution >= 0.6 is 11.3 Å². The molecule has 1 aromatic rings. The Labute approximate surface area is 124 Å². The van der Waals surface area contributed by atoms with Crippen LogP contribution in [0.3, 0.4) is 0 Å². The van der Waals surface area contributed by atoms with Crippen LogP contribution in [0.15, 0.2) is 16.8 Å². The SMILES string of the molecule is CC(C)COCC(C)NC(=O)NCC(O)c1ccsc1. The molecular weight excluding hydrogens is 276 g/mol. The minimum absolute atomic E-state index is 0.0629. The fourth-order valence-electron chi connectivity index (χ4n) is 1.57. The van der Waals surface area contributed by atoms with E-state index in [-0.39, 0.29) is 18.6 Å². The van der Waals surface area contributed by atoms with Crippen molar-refractivity contribution in [2.75, 3.05) is 19.8 Å². The van der Waals surface area contributed by atoms with Crippen LogP contribution in [0.1, 0.15) is 32.4 Å². The van der Waals surface area contributed by atoms with Gasteiger partial charge in [0.1, 0.15) is 0 Å². The Bertz CT molecular complexity index is 382. The summed E-state index contributed by atoms with van der Waals surface area (Å²) in [6, 6.07) is 1.49. The van der Waals surface area contributed by atoms with Gasteiger partial charge in [-0.2, -0.15) is 11.3 Å². The van der Waals surface area contributed by atoms with Crippen LogP contribution in [-0.2, 0) is 4.74 Å². The van der Waals surface area contributed by atoms with Gasteiger partial charge in [-0.05, 0) is 35.2 Å². The number of aliphatic hydroxyl groups is 1. The van der Waals surface area contributed by atoms with Crippen molar-refractivity contribution in [3.8, 4) is 0 Å². The maximum absolute atomic E-state index is 11.6. The van der Waals surface area contributed by atoms with E-state index >= 15 is 0 Å². The van der Waals surface area contributed by atoms with Gasteiger partial charge in [-0.1, -0.05) is 13.8 Å². The lowest BCUT2D eigenvalue weighted by molar-refractivity contribution is 0.0951. The number of amides is 2. The summed E-state index contributed by atoms with van der Waals surface area (Å²) < 4.78 is 5.45. The molecule has 114 valence electrons. The monoisotopic (exact) mass is 300 g/mol. The Kier molecular flexibility index (Phi) is 7.58. The smallest absolute Gasteiger partial charge is 0.315 e. The van der Waals surface area contributed by atoms with Gasteiger partial charge in [0.25, 0.3) is 0 Å². The number of carbonyl (C=O) groups is 1. The first-order valence-corrected chi connectivity index (χ1v) is 7.75. The van der Waals surface area contributed by atoms with Crippen molar-refractivity contribution >= 4 is 17.4 Å². The molecule has 0 saturated carbocycles. The highest BCUT2D eigenvalue weighted by Gasteiger charge is 2.11. The van der Waals surface area contributed by atoms with Gasteiger partial charge in [0.2, 0.25) is 0 Å². The summed E-state index contributed by atoms with van der Waals surface area (Å²) >= 11 is 1.52. The maximum atomic E-state index is 11.6. The molecule has 0 fully saturated rings. The first-order chi connectivity index (χ1) is 9.49. The fourth-order valence-corrected chi connectivity index (χ4v) is 2.28. The number of carbonyl (C=O) groups excluding carboxylic acids is 1. The largest absolute Gasteiger partial charge is 0.387 e. The van der Waals surface area contributed by atoms with E-state index in [9.17, 15) is 9.90 Å². The molecule has 0 radical (unpaired) electrons. The van der Waals surface area contributed by atoms with E-state index in [4.69, 9.17) is 4.74 Å². The average molecular weight is 300 g/mol. The molecule has 2 atom stereocenters. The third-order valence-electron chi connectivity index (χ3n) is 2.58. The lowest BCUT2D eigenvalue weighted by Gasteiger charge is -2.17. The van der Waals surface area contributed by atoms with E-state index in [1.165, 1.54) is 11.3 Å². The molecule has 1 aromatic heterocycles. The van der Waals surface area contributed by atoms with Crippen molar-refractivity contribution in [1.29, 1.82) is 0 Å². The third-order valence-corrected chi connectivity index (χ3v) is 3.28. The topological polar surface area (TPSA) is 70.6 Å². The number of nitrogens with one attached hydrogen (secondary N) is 2. The summed E-state index contributed by atoms with van der Waals surface area (Å²) in [6.07, 6.45) is -0.667. The van der Waals surface area contributed by atoms with Gasteiger partial charge in [-0.15, -0.1) is 0 Å². The minimum Gasteiger partial charge on any atom is -0.387 e. The van der Waals surface area contributed by atoms with Crippen LogP contribution in [0.4, 0.5) is 4.79 Å². The zero-order valence-electron chi connectivity index (χ0n) is 12.3. The highest BCUT2D eigenvalue weighted by Crippen LogP contribution is 2.14. The molecule has 1 heterocycles. The van der Waals surface area contributed by atoms with Crippen LogP contribution in [0.2, 0.25) is 0 Å². The van der Waals surface area contributed by atoms with Crippen LogP contribution in [0, 0.1) is 5.92 Å². The van der Waals surface area contributed by atoms with Crippen molar-refractivity contribution in [3.63, 3.8) is 0 Å². The molecule has 6 heteroatoms. The summed E-state index contributed by atoms with van der Waals surface area (Å²) in [5.74, 6) is 0.483. The quantitative estimate of drug-likeness (QED) is 0.689. The van der Waals surface area contributed by atoms with Gasteiger partial charge in [0.15, 0.2) is 0 Å². The van der Waals surface area contributed by atoms with Gasteiger partial charge in [0, 0.05) is 13.2 Å². The Morgan fingerprint density at radius 1 is 1.40 bits per heavy atom. The Hall–Kier alpha value is -1.11. The van der Waals surface area contributed by atoms with Gasteiger partial charge in [-0.3, -0.25) is 0 Å². The zero-order chi connectivity index (χ0) is 15.0. The average Bonchev–Trinajstić information content (AvgIpc) is 2.89. The number of hydrogen-bond donors (Lipinski definition) is 3. The fraction of sp³-hybridized carbons (Fsp3) is 0.643. The summed E-state index contributed by atoms with van der Waals surface area (Å²) in [4.78, 5) is 11.6. The van der Waals surface area contributed by atoms with E-state index in [1.54, 1.807) is 0 Å². The molecule has 1 rings (SSSR count). The first kappa shape index (κ1) is 16.9. The second-order valence-electron chi connectivity index (χ2n) is 5.26. The lowest BCUT2D eigenvalue weighted by atomic mass is 10.2. The third kappa shape index (κ3) is 6.88. The first-order valence-electron chi connectivity index (χ1n) is 6.81. The number of urea groups is 1. The molecule has 2 unspecified atom stereocenters. The predicted molar refractivity (Wildman–Crippen MR) is 80.9 cm³/mol. The van der Waals surface area contributed by atoms with Crippen LogP contribution in [0.5, 0.6) is 0 Å². The van der Waals surface area contributed by atoms with Crippen molar-refractivity contribution in [2.45, 2.75) is 32.9 Å². The predicted octanol–water partition coefficient (Wildman–Crippen LogP) is 2.14. The lowest BCUT2D eigenvalue weighted by Crippen LogP contribution is -2.44. The number of hydrogen-bond acceptors (Lipinski definition) is 4. The number of aliphatic hydroxyl groups excluding tert-OH is 1. The Morgan fingerprint density at radius 2 is 2.15 bits per heavy atom. The summed E-state index contributed by atoms with van der Waals surface area (Å²) in [5, 5.41) is 19.0. The van der Waals surface area contributed by atoms with E-state index in [1.807, 2.05) is 23.8 Å². The highest BCUT2D eigenvalue weighted by atomic mass is 32.1. The molecule has 5 nitrogen and oxygen atoms in total. The Balaban J connectivity index is 2.16. The van der Waals surface area contributed by atoms with E-state index in [2.05, 4.69) is 24.5 Å². The molecule has 0 aliphatic carbocycles. The van der Waals surface area contributed by atoms with E-state index < -0.39 is 6.10 Å². The normalized spacial score (nSPS) is 14.1. The maximum Gasteiger partial charge on any atom is 0.315 e. The number of ether oxygens (including phenoxy) is 1. The summed E-state index contributed by atoms with van der Waals surface area (Å²) in [5.41, 5.74) is 0.823. The van der Waals surface area contributed by atoms with Crippen molar-refractivity contribution in [2.24, 2.45) is 5.92 Å².